The molecule has 0 saturated carbocycles. The number of nitrogens with one attached hydrogen (secondary N) is 1. The molecule has 0 aliphatic carbocycles. The van der Waals surface area contributed by atoms with Crippen LogP contribution in [0.15, 0.2) is 40.3 Å². The molecular formula is C15H18N4O3S2. The Morgan fingerprint density at radius 3 is 2.71 bits per heavy atom. The van der Waals surface area contributed by atoms with Crippen LogP contribution in [0.3, 0.4) is 0 Å². The van der Waals surface area contributed by atoms with Gasteiger partial charge in [-0.3, -0.25) is 0 Å². The summed E-state index contributed by atoms with van der Waals surface area (Å²) in [6, 6.07) is 8.13. The molecule has 7 nitrogen and oxygen atoms in total. The second kappa shape index (κ2) is 7.29. The molecule has 1 aromatic heterocycles. The molecule has 0 amide bonds. The van der Waals surface area contributed by atoms with E-state index < -0.39 is 10.0 Å². The summed E-state index contributed by atoms with van der Waals surface area (Å²) < 4.78 is 29.5. The number of nitrogens with zero attached hydrogens (tertiary/aromatic N) is 3. The second-order valence-electron chi connectivity index (χ2n) is 5.21. The van der Waals surface area contributed by atoms with Crippen LogP contribution in [0.25, 0.3) is 0 Å². The van der Waals surface area contributed by atoms with Crippen LogP contribution >= 0.6 is 11.3 Å². The van der Waals surface area contributed by atoms with Gasteiger partial charge >= 0.3 is 0 Å². The second-order valence-corrected chi connectivity index (χ2v) is 7.88. The lowest BCUT2D eigenvalue weighted by Crippen LogP contribution is -2.36. The smallest absolute Gasteiger partial charge is 0.276 e. The van der Waals surface area contributed by atoms with Gasteiger partial charge in [-0.15, -0.1) is 0 Å². The highest BCUT2D eigenvalue weighted by Crippen LogP contribution is 2.25. The number of ether oxygens (including phenoxy) is 1. The molecule has 2 aromatic rings. The number of aryl methyl sites for hydroxylation is 1. The normalized spacial score (nSPS) is 15.8. The molecular weight excluding hydrogens is 348 g/mol. The lowest BCUT2D eigenvalue weighted by molar-refractivity contribution is 0.122. The van der Waals surface area contributed by atoms with Crippen molar-refractivity contribution in [2.24, 2.45) is 5.10 Å². The molecule has 3 rings (SSSR count). The van der Waals surface area contributed by atoms with Crippen molar-refractivity contribution in [2.45, 2.75) is 11.8 Å². The van der Waals surface area contributed by atoms with Gasteiger partial charge in [0.1, 0.15) is 0 Å². The molecule has 0 atom stereocenters. The largest absolute Gasteiger partial charge is 0.378 e. The number of rotatable bonds is 5. The number of hydrazone groups is 1. The first-order valence-corrected chi connectivity index (χ1v) is 9.76. The number of hydrogen-bond acceptors (Lipinski definition) is 7. The quantitative estimate of drug-likeness (QED) is 0.642. The number of morpholine rings is 1. The maximum atomic E-state index is 12.1. The van der Waals surface area contributed by atoms with Crippen molar-refractivity contribution in [3.8, 4) is 0 Å². The predicted octanol–water partition coefficient (Wildman–Crippen LogP) is 1.60. The lowest BCUT2D eigenvalue weighted by Gasteiger charge is -2.25. The minimum Gasteiger partial charge on any atom is -0.378 e. The fourth-order valence-electron chi connectivity index (χ4n) is 2.21. The molecule has 9 heteroatoms. The molecule has 0 radical (unpaired) electrons. The number of hydrogen-bond donors (Lipinski definition) is 1. The summed E-state index contributed by atoms with van der Waals surface area (Å²) in [6.07, 6.45) is 1.50. The Morgan fingerprint density at radius 2 is 2.00 bits per heavy atom. The SMILES string of the molecule is Cc1nc(N2CCOCC2)sc1C=NNS(=O)(=O)c1ccccc1. The summed E-state index contributed by atoms with van der Waals surface area (Å²) in [5.41, 5.74) is 0.823. The molecule has 1 saturated heterocycles. The zero-order valence-electron chi connectivity index (χ0n) is 13.2. The highest BCUT2D eigenvalue weighted by atomic mass is 32.2. The highest BCUT2D eigenvalue weighted by Gasteiger charge is 2.16. The van der Waals surface area contributed by atoms with Crippen LogP contribution in [0.5, 0.6) is 0 Å². The van der Waals surface area contributed by atoms with Gasteiger partial charge < -0.3 is 9.64 Å². The summed E-state index contributed by atoms with van der Waals surface area (Å²) >= 11 is 1.49. The molecule has 0 bridgehead atoms. The van der Waals surface area contributed by atoms with Crippen LogP contribution in [-0.2, 0) is 14.8 Å². The zero-order valence-corrected chi connectivity index (χ0v) is 14.8. The molecule has 1 fully saturated rings. The molecule has 1 aliphatic heterocycles. The lowest BCUT2D eigenvalue weighted by atomic mass is 10.4. The Hall–Kier alpha value is -1.97. The fraction of sp³-hybridized carbons (Fsp3) is 0.333. The van der Waals surface area contributed by atoms with E-state index in [1.54, 1.807) is 18.2 Å². The van der Waals surface area contributed by atoms with Crippen LogP contribution in [0.4, 0.5) is 5.13 Å². The Balaban J connectivity index is 1.69. The van der Waals surface area contributed by atoms with Crippen molar-refractivity contribution >= 4 is 32.7 Å². The Morgan fingerprint density at radius 1 is 1.29 bits per heavy atom. The van der Waals surface area contributed by atoms with Crippen molar-refractivity contribution < 1.29 is 13.2 Å². The van der Waals surface area contributed by atoms with Crippen LogP contribution in [-0.4, -0.2) is 45.9 Å². The van der Waals surface area contributed by atoms with Gasteiger partial charge in [-0.05, 0) is 19.1 Å². The van der Waals surface area contributed by atoms with Gasteiger partial charge in [0.25, 0.3) is 10.0 Å². The van der Waals surface area contributed by atoms with E-state index in [0.717, 1.165) is 28.8 Å². The van der Waals surface area contributed by atoms with Gasteiger partial charge in [-0.1, -0.05) is 29.5 Å². The van der Waals surface area contributed by atoms with E-state index in [9.17, 15) is 8.42 Å². The first kappa shape index (κ1) is 16.9. The third-order valence-corrected chi connectivity index (χ3v) is 5.90. The van der Waals surface area contributed by atoms with Crippen LogP contribution in [0.1, 0.15) is 10.6 Å². The number of thiazole rings is 1. The Bertz CT molecular complexity index is 812. The molecule has 0 spiro atoms. The van der Waals surface area contributed by atoms with Crippen molar-refractivity contribution in [2.75, 3.05) is 31.2 Å². The average Bonchev–Trinajstić information content (AvgIpc) is 2.97. The van der Waals surface area contributed by atoms with Gasteiger partial charge in [0.2, 0.25) is 0 Å². The van der Waals surface area contributed by atoms with E-state index in [-0.39, 0.29) is 4.90 Å². The predicted molar refractivity (Wildman–Crippen MR) is 94.2 cm³/mol. The highest BCUT2D eigenvalue weighted by molar-refractivity contribution is 7.89. The third kappa shape index (κ3) is 3.92. The van der Waals surface area contributed by atoms with Crippen LogP contribution < -0.4 is 9.73 Å². The maximum absolute atomic E-state index is 12.1. The minimum atomic E-state index is -3.65. The standard InChI is InChI=1S/C15H18N4O3S2/c1-12-14(23-15(17-12)19-7-9-22-10-8-19)11-16-18-24(20,21)13-5-3-2-4-6-13/h2-6,11,18H,7-10H2,1H3. The number of sulfonamides is 1. The third-order valence-electron chi connectivity index (χ3n) is 3.51. The van der Waals surface area contributed by atoms with Gasteiger partial charge in [0, 0.05) is 13.1 Å². The van der Waals surface area contributed by atoms with E-state index in [4.69, 9.17) is 4.74 Å². The number of aromatic nitrogens is 1. The average molecular weight is 366 g/mol. The van der Waals surface area contributed by atoms with E-state index >= 15 is 0 Å². The van der Waals surface area contributed by atoms with Crippen molar-refractivity contribution in [3.05, 3.63) is 40.9 Å². The van der Waals surface area contributed by atoms with E-state index in [2.05, 4.69) is 19.8 Å². The van der Waals surface area contributed by atoms with Crippen LogP contribution in [0, 0.1) is 6.92 Å². The molecule has 1 aromatic carbocycles. The van der Waals surface area contributed by atoms with E-state index in [0.29, 0.717) is 13.2 Å². The topological polar surface area (TPSA) is 83.9 Å². The van der Waals surface area contributed by atoms with E-state index in [1.807, 2.05) is 6.92 Å². The van der Waals surface area contributed by atoms with Gasteiger partial charge in [-0.25, -0.2) is 9.82 Å². The number of anilines is 1. The molecule has 128 valence electrons. The van der Waals surface area contributed by atoms with Crippen LogP contribution in [0.2, 0.25) is 0 Å². The first-order valence-electron chi connectivity index (χ1n) is 7.46. The Labute approximate surface area is 145 Å². The molecule has 1 N–H and O–H groups in total. The van der Waals surface area contributed by atoms with Crippen molar-refractivity contribution in [1.29, 1.82) is 0 Å². The monoisotopic (exact) mass is 366 g/mol. The summed E-state index contributed by atoms with van der Waals surface area (Å²) in [5.74, 6) is 0. The minimum absolute atomic E-state index is 0.178. The molecule has 24 heavy (non-hydrogen) atoms. The Kier molecular flexibility index (Phi) is 5.12. The maximum Gasteiger partial charge on any atom is 0.276 e. The first-order chi connectivity index (χ1) is 11.6. The summed E-state index contributed by atoms with van der Waals surface area (Å²) in [6.45, 7) is 4.89. The summed E-state index contributed by atoms with van der Waals surface area (Å²) in [4.78, 5) is 9.92. The molecule has 2 heterocycles. The fourth-order valence-corrected chi connectivity index (χ4v) is 4.01. The van der Waals surface area contributed by atoms with Crippen molar-refractivity contribution in [3.63, 3.8) is 0 Å². The summed E-state index contributed by atoms with van der Waals surface area (Å²) in [7, 11) is -3.65. The molecule has 1 aliphatic rings. The van der Waals surface area contributed by atoms with Crippen molar-refractivity contribution in [1.82, 2.24) is 9.82 Å². The summed E-state index contributed by atoms with van der Waals surface area (Å²) in [5, 5.41) is 4.78. The van der Waals surface area contributed by atoms with Gasteiger partial charge in [-0.2, -0.15) is 13.5 Å². The van der Waals surface area contributed by atoms with E-state index in [1.165, 1.54) is 29.7 Å². The zero-order chi connectivity index (χ0) is 17.0. The van der Waals surface area contributed by atoms with Gasteiger partial charge in [0.15, 0.2) is 5.13 Å². The number of benzene rings is 1. The van der Waals surface area contributed by atoms with Gasteiger partial charge in [0.05, 0.1) is 34.9 Å². The molecule has 0 unspecified atom stereocenters.